The van der Waals surface area contributed by atoms with Crippen LogP contribution < -0.4 is 0 Å². The molecule has 1 aromatic heterocycles. The van der Waals surface area contributed by atoms with E-state index in [9.17, 15) is 4.79 Å². The fourth-order valence-corrected chi connectivity index (χ4v) is 1.05. The Hall–Kier alpha value is -1.32. The molecule has 96 valence electrons. The number of isothiocyanates is 1. The van der Waals surface area contributed by atoms with Crippen LogP contribution in [0.4, 0.5) is 0 Å². The summed E-state index contributed by atoms with van der Waals surface area (Å²) in [6, 6.07) is 0. The van der Waals surface area contributed by atoms with Crippen LogP contribution in [0, 0.1) is 6.92 Å². The summed E-state index contributed by atoms with van der Waals surface area (Å²) in [6.07, 6.45) is 0.630. The van der Waals surface area contributed by atoms with E-state index in [2.05, 4.69) is 22.2 Å². The summed E-state index contributed by atoms with van der Waals surface area (Å²) in [4.78, 5) is 18.5. The van der Waals surface area contributed by atoms with Gasteiger partial charge in [0, 0.05) is 6.92 Å². The Labute approximate surface area is 108 Å². The third-order valence-corrected chi connectivity index (χ3v) is 1.57. The van der Waals surface area contributed by atoms with Gasteiger partial charge in [-0.25, -0.2) is 4.98 Å². The molecule has 0 bridgehead atoms. The van der Waals surface area contributed by atoms with Crippen LogP contribution in [0.5, 0.6) is 0 Å². The van der Waals surface area contributed by atoms with Crippen LogP contribution in [0.15, 0.2) is 9.41 Å². The van der Waals surface area contributed by atoms with Gasteiger partial charge in [-0.15, -0.1) is 4.99 Å². The lowest BCUT2D eigenvalue weighted by molar-refractivity contribution is 0.0975. The number of thiocarbonyl (C=S) groups is 1. The lowest BCUT2D eigenvalue weighted by Crippen LogP contribution is -1.96. The molecule has 0 aliphatic carbocycles. The SMILES string of the molecule is CC.CC.CCc1nc(C)oc1C(=O)N=C=S. The highest BCUT2D eigenvalue weighted by Gasteiger charge is 2.16. The van der Waals surface area contributed by atoms with Gasteiger partial charge in [0.15, 0.2) is 5.89 Å². The van der Waals surface area contributed by atoms with Gasteiger partial charge in [-0.1, -0.05) is 34.6 Å². The summed E-state index contributed by atoms with van der Waals surface area (Å²) in [7, 11) is 0. The van der Waals surface area contributed by atoms with E-state index in [1.165, 1.54) is 0 Å². The first-order valence-corrected chi connectivity index (χ1v) is 6.18. The average Bonchev–Trinajstić information content (AvgIpc) is 2.76. The van der Waals surface area contributed by atoms with Crippen molar-refractivity contribution in [1.82, 2.24) is 4.98 Å². The molecule has 0 atom stereocenters. The molecule has 1 rings (SSSR count). The Bertz CT molecular complexity index is 380. The molecule has 0 aromatic carbocycles. The first kappa shape index (κ1) is 18.1. The standard InChI is InChI=1S/C8H8N2O2S.2C2H6/c1-3-6-7(8(11)9-4-13)12-5(2)10-6;2*1-2/h3H2,1-2H3;2*1-2H3. The molecule has 1 heterocycles. The van der Waals surface area contributed by atoms with Gasteiger partial charge in [-0.3, -0.25) is 4.79 Å². The smallest absolute Gasteiger partial charge is 0.323 e. The van der Waals surface area contributed by atoms with Gasteiger partial charge in [0.05, 0.1) is 10.9 Å². The van der Waals surface area contributed by atoms with Crippen LogP contribution in [0.2, 0.25) is 0 Å². The minimum atomic E-state index is -0.521. The number of aromatic nitrogens is 1. The number of hydrogen-bond acceptors (Lipinski definition) is 4. The molecular formula is C12H20N2O2S. The highest BCUT2D eigenvalue weighted by molar-refractivity contribution is 7.78. The number of hydrogen-bond donors (Lipinski definition) is 0. The maximum Gasteiger partial charge on any atom is 0.323 e. The van der Waals surface area contributed by atoms with E-state index in [-0.39, 0.29) is 5.76 Å². The van der Waals surface area contributed by atoms with Gasteiger partial charge in [-0.2, -0.15) is 0 Å². The molecule has 0 saturated carbocycles. The van der Waals surface area contributed by atoms with Crippen LogP contribution in [-0.2, 0) is 6.42 Å². The third kappa shape index (κ3) is 6.09. The van der Waals surface area contributed by atoms with Crippen LogP contribution in [0.1, 0.15) is 56.8 Å². The molecule has 0 spiro atoms. The van der Waals surface area contributed by atoms with E-state index in [1.807, 2.05) is 39.8 Å². The molecule has 1 amide bonds. The van der Waals surface area contributed by atoms with Crippen molar-refractivity contribution in [3.63, 3.8) is 0 Å². The van der Waals surface area contributed by atoms with Crippen molar-refractivity contribution in [3.05, 3.63) is 17.3 Å². The predicted molar refractivity (Wildman–Crippen MR) is 72.7 cm³/mol. The largest absolute Gasteiger partial charge is 0.435 e. The van der Waals surface area contributed by atoms with Crippen molar-refractivity contribution in [2.24, 2.45) is 4.99 Å². The number of oxazole rings is 1. The first-order valence-electron chi connectivity index (χ1n) is 5.77. The monoisotopic (exact) mass is 256 g/mol. The van der Waals surface area contributed by atoms with Crippen molar-refractivity contribution < 1.29 is 9.21 Å². The number of aliphatic imine (C=N–C) groups is 1. The number of carbonyl (C=O) groups is 1. The van der Waals surface area contributed by atoms with Gasteiger partial charge in [0.25, 0.3) is 0 Å². The summed E-state index contributed by atoms with van der Waals surface area (Å²) in [5.41, 5.74) is 0.608. The number of aryl methyl sites for hydroxylation is 2. The van der Waals surface area contributed by atoms with E-state index in [4.69, 9.17) is 4.42 Å². The van der Waals surface area contributed by atoms with E-state index in [0.29, 0.717) is 18.0 Å². The van der Waals surface area contributed by atoms with Crippen LogP contribution in [0.3, 0.4) is 0 Å². The second-order valence-electron chi connectivity index (χ2n) is 2.37. The lowest BCUT2D eigenvalue weighted by atomic mass is 10.3. The molecule has 1 aromatic rings. The van der Waals surface area contributed by atoms with E-state index in [1.54, 1.807) is 6.92 Å². The maximum atomic E-state index is 11.2. The molecule has 0 radical (unpaired) electrons. The van der Waals surface area contributed by atoms with Gasteiger partial charge in [0.1, 0.15) is 0 Å². The molecule has 0 saturated heterocycles. The van der Waals surface area contributed by atoms with E-state index < -0.39 is 5.91 Å². The molecule has 5 heteroatoms. The van der Waals surface area contributed by atoms with Crippen LogP contribution >= 0.6 is 12.2 Å². The molecule has 0 fully saturated rings. The van der Waals surface area contributed by atoms with Crippen molar-refractivity contribution in [2.45, 2.75) is 48.0 Å². The Morgan fingerprint density at radius 1 is 1.41 bits per heavy atom. The van der Waals surface area contributed by atoms with Crippen molar-refractivity contribution >= 4 is 23.3 Å². The first-order chi connectivity index (χ1) is 8.19. The molecule has 17 heavy (non-hydrogen) atoms. The summed E-state index contributed by atoms with van der Waals surface area (Å²) in [5, 5.41) is 2.00. The normalized spacial score (nSPS) is 7.88. The number of rotatable bonds is 2. The Morgan fingerprint density at radius 2 is 1.94 bits per heavy atom. The summed E-state index contributed by atoms with van der Waals surface area (Å²) < 4.78 is 5.08. The van der Waals surface area contributed by atoms with Crippen molar-refractivity contribution in [2.75, 3.05) is 0 Å². The molecule has 0 aliphatic rings. The summed E-state index contributed by atoms with van der Waals surface area (Å²) >= 11 is 4.31. The minimum Gasteiger partial charge on any atom is -0.435 e. The quantitative estimate of drug-likeness (QED) is 0.596. The third-order valence-electron chi connectivity index (χ3n) is 1.48. The fourth-order valence-electron chi connectivity index (χ4n) is 0.969. The van der Waals surface area contributed by atoms with E-state index in [0.717, 1.165) is 0 Å². The minimum absolute atomic E-state index is 0.164. The Balaban J connectivity index is 0. The zero-order chi connectivity index (χ0) is 13.8. The second-order valence-corrected chi connectivity index (χ2v) is 2.55. The van der Waals surface area contributed by atoms with Gasteiger partial charge in [0.2, 0.25) is 5.76 Å². The molecule has 0 aliphatic heterocycles. The topological polar surface area (TPSA) is 55.5 Å². The number of nitrogens with zero attached hydrogens (tertiary/aromatic N) is 2. The number of amides is 1. The zero-order valence-corrected chi connectivity index (χ0v) is 12.1. The summed E-state index contributed by atoms with van der Waals surface area (Å²) in [5.74, 6) is 0.101. The molecular weight excluding hydrogens is 236 g/mol. The second kappa shape index (κ2) is 11.2. The summed E-state index contributed by atoms with van der Waals surface area (Å²) in [6.45, 7) is 11.6. The van der Waals surface area contributed by atoms with E-state index >= 15 is 0 Å². The lowest BCUT2D eigenvalue weighted by Gasteiger charge is -1.88. The maximum absolute atomic E-state index is 11.2. The van der Waals surface area contributed by atoms with Gasteiger partial charge >= 0.3 is 5.91 Å². The molecule has 0 N–H and O–H groups in total. The highest BCUT2D eigenvalue weighted by atomic mass is 32.1. The van der Waals surface area contributed by atoms with Crippen molar-refractivity contribution in [3.8, 4) is 0 Å². The number of carbonyl (C=O) groups excluding carboxylic acids is 1. The van der Waals surface area contributed by atoms with Gasteiger partial charge < -0.3 is 4.42 Å². The zero-order valence-electron chi connectivity index (χ0n) is 11.3. The fraction of sp³-hybridized carbons (Fsp3) is 0.583. The van der Waals surface area contributed by atoms with Crippen molar-refractivity contribution in [1.29, 1.82) is 0 Å². The average molecular weight is 256 g/mol. The highest BCUT2D eigenvalue weighted by Crippen LogP contribution is 2.12. The molecule has 0 unspecified atom stereocenters. The Kier molecular flexibility index (Phi) is 11.9. The predicted octanol–water partition coefficient (Wildman–Crippen LogP) is 3.84. The molecule has 4 nitrogen and oxygen atoms in total. The van der Waals surface area contributed by atoms with Crippen LogP contribution in [0.25, 0.3) is 0 Å². The van der Waals surface area contributed by atoms with Gasteiger partial charge in [-0.05, 0) is 18.6 Å². The Morgan fingerprint density at radius 3 is 2.35 bits per heavy atom. The van der Waals surface area contributed by atoms with Crippen LogP contribution in [-0.4, -0.2) is 16.1 Å².